The van der Waals surface area contributed by atoms with Crippen LogP contribution in [-0.2, 0) is 10.0 Å². The van der Waals surface area contributed by atoms with Crippen LogP contribution in [0.1, 0.15) is 32.1 Å². The molecule has 116 valence electrons. The van der Waals surface area contributed by atoms with E-state index in [1.807, 2.05) is 0 Å². The number of likely N-dealkylation sites (tertiary alicyclic amines) is 1. The molecular formula is C14H27N3O2S. The lowest BCUT2D eigenvalue weighted by Gasteiger charge is -2.38. The Balaban J connectivity index is 1.56. The van der Waals surface area contributed by atoms with E-state index in [2.05, 4.69) is 10.2 Å². The summed E-state index contributed by atoms with van der Waals surface area (Å²) in [6.45, 7) is 6.24. The standard InChI is InChI=1S/C14H27N3O2S/c18-20(19)9-3-8-17(20)14-5-2-7-16(12-14)11-13-4-1-6-15-10-13/h13-15H,1-12H2. The van der Waals surface area contributed by atoms with Gasteiger partial charge in [-0.1, -0.05) is 0 Å². The molecule has 6 heteroatoms. The van der Waals surface area contributed by atoms with E-state index in [0.717, 1.165) is 64.4 Å². The number of hydrogen-bond donors (Lipinski definition) is 1. The predicted octanol–water partition coefficient (Wildman–Crippen LogP) is 0.486. The molecule has 0 bridgehead atoms. The van der Waals surface area contributed by atoms with E-state index >= 15 is 0 Å². The van der Waals surface area contributed by atoms with E-state index < -0.39 is 10.0 Å². The highest BCUT2D eigenvalue weighted by Gasteiger charge is 2.36. The molecule has 0 radical (unpaired) electrons. The van der Waals surface area contributed by atoms with Crippen LogP contribution in [0.25, 0.3) is 0 Å². The third-order valence-corrected chi connectivity index (χ3v) is 6.94. The van der Waals surface area contributed by atoms with Gasteiger partial charge in [0.25, 0.3) is 0 Å². The van der Waals surface area contributed by atoms with Crippen LogP contribution in [0.5, 0.6) is 0 Å². The number of sulfonamides is 1. The molecule has 0 amide bonds. The SMILES string of the molecule is O=S1(=O)CCCN1C1CCCN(CC2CCCNC2)C1. The van der Waals surface area contributed by atoms with Crippen LogP contribution in [0.3, 0.4) is 0 Å². The van der Waals surface area contributed by atoms with Gasteiger partial charge in [-0.2, -0.15) is 4.31 Å². The van der Waals surface area contributed by atoms with Gasteiger partial charge in [0.2, 0.25) is 10.0 Å². The highest BCUT2D eigenvalue weighted by molar-refractivity contribution is 7.89. The van der Waals surface area contributed by atoms with Crippen LogP contribution in [0.2, 0.25) is 0 Å². The average molecular weight is 301 g/mol. The summed E-state index contributed by atoms with van der Waals surface area (Å²) in [6, 6.07) is 0.229. The summed E-state index contributed by atoms with van der Waals surface area (Å²) in [5, 5.41) is 3.47. The summed E-state index contributed by atoms with van der Waals surface area (Å²) < 4.78 is 25.9. The Morgan fingerprint density at radius 2 is 2.00 bits per heavy atom. The lowest BCUT2D eigenvalue weighted by Crippen LogP contribution is -2.50. The molecule has 3 aliphatic rings. The normalized spacial score (nSPS) is 36.2. The molecule has 3 rings (SSSR count). The van der Waals surface area contributed by atoms with Gasteiger partial charge in [-0.05, 0) is 57.7 Å². The van der Waals surface area contributed by atoms with Crippen molar-refractivity contribution in [1.29, 1.82) is 0 Å². The average Bonchev–Trinajstić information content (AvgIpc) is 2.80. The Labute approximate surface area is 122 Å². The van der Waals surface area contributed by atoms with Gasteiger partial charge in [-0.25, -0.2) is 8.42 Å². The zero-order valence-electron chi connectivity index (χ0n) is 12.3. The van der Waals surface area contributed by atoms with Gasteiger partial charge in [-0.3, -0.25) is 0 Å². The molecular weight excluding hydrogens is 274 g/mol. The van der Waals surface area contributed by atoms with Gasteiger partial charge < -0.3 is 10.2 Å². The maximum atomic E-state index is 12.1. The first-order valence-corrected chi connectivity index (χ1v) is 9.69. The lowest BCUT2D eigenvalue weighted by atomic mass is 9.97. The van der Waals surface area contributed by atoms with Crippen molar-refractivity contribution in [3.05, 3.63) is 0 Å². The fourth-order valence-corrected chi connectivity index (χ4v) is 5.71. The molecule has 3 fully saturated rings. The van der Waals surface area contributed by atoms with Crippen LogP contribution in [-0.4, -0.2) is 68.7 Å². The van der Waals surface area contributed by atoms with E-state index in [0.29, 0.717) is 5.75 Å². The molecule has 3 saturated heterocycles. The summed E-state index contributed by atoms with van der Waals surface area (Å²) in [5.41, 5.74) is 0. The van der Waals surface area contributed by atoms with Gasteiger partial charge in [0.1, 0.15) is 0 Å². The molecule has 0 aliphatic carbocycles. The maximum Gasteiger partial charge on any atom is 0.214 e. The lowest BCUT2D eigenvalue weighted by molar-refractivity contribution is 0.127. The van der Waals surface area contributed by atoms with Crippen molar-refractivity contribution >= 4 is 10.0 Å². The van der Waals surface area contributed by atoms with Gasteiger partial charge in [-0.15, -0.1) is 0 Å². The van der Waals surface area contributed by atoms with E-state index in [4.69, 9.17) is 0 Å². The zero-order valence-corrected chi connectivity index (χ0v) is 13.1. The van der Waals surface area contributed by atoms with Crippen molar-refractivity contribution in [2.75, 3.05) is 45.0 Å². The van der Waals surface area contributed by atoms with Gasteiger partial charge in [0, 0.05) is 25.7 Å². The second kappa shape index (κ2) is 6.30. The van der Waals surface area contributed by atoms with Crippen molar-refractivity contribution in [2.45, 2.75) is 38.1 Å². The Morgan fingerprint density at radius 1 is 1.10 bits per heavy atom. The van der Waals surface area contributed by atoms with Crippen molar-refractivity contribution in [3.63, 3.8) is 0 Å². The Kier molecular flexibility index (Phi) is 4.65. The van der Waals surface area contributed by atoms with Gasteiger partial charge in [0.15, 0.2) is 0 Å². The molecule has 0 aromatic carbocycles. The fraction of sp³-hybridized carbons (Fsp3) is 1.00. The number of nitrogens with one attached hydrogen (secondary N) is 1. The molecule has 0 spiro atoms. The molecule has 3 aliphatic heterocycles. The Morgan fingerprint density at radius 3 is 2.70 bits per heavy atom. The summed E-state index contributed by atoms with van der Waals surface area (Å²) in [6.07, 6.45) is 5.58. The molecule has 5 nitrogen and oxygen atoms in total. The maximum absolute atomic E-state index is 12.1. The largest absolute Gasteiger partial charge is 0.316 e. The highest BCUT2D eigenvalue weighted by Crippen LogP contribution is 2.24. The predicted molar refractivity (Wildman–Crippen MR) is 80.2 cm³/mol. The van der Waals surface area contributed by atoms with Gasteiger partial charge in [0.05, 0.1) is 5.75 Å². The molecule has 1 N–H and O–H groups in total. The van der Waals surface area contributed by atoms with E-state index in [1.54, 1.807) is 4.31 Å². The number of rotatable bonds is 3. The first-order chi connectivity index (χ1) is 9.65. The van der Waals surface area contributed by atoms with Crippen LogP contribution in [0, 0.1) is 5.92 Å². The second-order valence-corrected chi connectivity index (χ2v) is 8.59. The minimum Gasteiger partial charge on any atom is -0.316 e. The summed E-state index contributed by atoms with van der Waals surface area (Å²) in [7, 11) is -2.95. The van der Waals surface area contributed by atoms with Crippen LogP contribution in [0.4, 0.5) is 0 Å². The highest BCUT2D eigenvalue weighted by atomic mass is 32.2. The van der Waals surface area contributed by atoms with Crippen LogP contribution in [0.15, 0.2) is 0 Å². The van der Waals surface area contributed by atoms with Crippen LogP contribution < -0.4 is 5.32 Å². The molecule has 0 aromatic heterocycles. The Bertz CT molecular complexity index is 420. The van der Waals surface area contributed by atoms with Crippen molar-refractivity contribution in [2.24, 2.45) is 5.92 Å². The monoisotopic (exact) mass is 301 g/mol. The number of nitrogens with zero attached hydrogens (tertiary/aromatic N) is 2. The summed E-state index contributed by atoms with van der Waals surface area (Å²) >= 11 is 0. The van der Waals surface area contributed by atoms with Crippen molar-refractivity contribution in [1.82, 2.24) is 14.5 Å². The third-order valence-electron chi connectivity index (χ3n) is 4.94. The molecule has 3 heterocycles. The molecule has 20 heavy (non-hydrogen) atoms. The minimum atomic E-state index is -2.95. The summed E-state index contributed by atoms with van der Waals surface area (Å²) in [5.74, 6) is 1.11. The molecule has 0 aromatic rings. The fourth-order valence-electron chi connectivity index (χ4n) is 3.95. The summed E-state index contributed by atoms with van der Waals surface area (Å²) in [4.78, 5) is 2.50. The van der Waals surface area contributed by atoms with E-state index in [-0.39, 0.29) is 6.04 Å². The number of hydrogen-bond acceptors (Lipinski definition) is 4. The number of piperidine rings is 2. The Hall–Kier alpha value is -0.170. The van der Waals surface area contributed by atoms with Crippen molar-refractivity contribution < 1.29 is 8.42 Å². The second-order valence-electron chi connectivity index (χ2n) is 6.55. The molecule has 2 unspecified atom stereocenters. The topological polar surface area (TPSA) is 52.7 Å². The van der Waals surface area contributed by atoms with Gasteiger partial charge >= 0.3 is 0 Å². The molecule has 0 saturated carbocycles. The smallest absolute Gasteiger partial charge is 0.214 e. The third kappa shape index (κ3) is 3.35. The quantitative estimate of drug-likeness (QED) is 0.824. The van der Waals surface area contributed by atoms with E-state index in [1.165, 1.54) is 12.8 Å². The zero-order chi connectivity index (χ0) is 14.0. The van der Waals surface area contributed by atoms with Crippen LogP contribution >= 0.6 is 0 Å². The first kappa shape index (κ1) is 14.8. The van der Waals surface area contributed by atoms with Crippen molar-refractivity contribution in [3.8, 4) is 0 Å². The minimum absolute atomic E-state index is 0.229. The molecule has 2 atom stereocenters. The first-order valence-electron chi connectivity index (χ1n) is 8.08. The van der Waals surface area contributed by atoms with E-state index in [9.17, 15) is 8.42 Å².